The van der Waals surface area contributed by atoms with Crippen LogP contribution in [-0.2, 0) is 51.0 Å². The van der Waals surface area contributed by atoms with Gasteiger partial charge in [-0.05, 0) is 120 Å². The highest BCUT2D eigenvalue weighted by Crippen LogP contribution is 2.51. The van der Waals surface area contributed by atoms with Crippen LogP contribution in [0, 0.1) is 0 Å². The number of fused-ring (bicyclic) bond motifs is 6. The summed E-state index contributed by atoms with van der Waals surface area (Å²) in [6, 6.07) is 16.4. The van der Waals surface area contributed by atoms with Crippen molar-refractivity contribution in [2.24, 2.45) is 0 Å². The predicted octanol–water partition coefficient (Wildman–Crippen LogP) is 7.78. The smallest absolute Gasteiger partial charge is 0.294 e. The Hall–Kier alpha value is -4.17. The molecule has 3 aliphatic rings. The Labute approximate surface area is 361 Å². The number of hydrogen-bond donors (Lipinski definition) is 4. The van der Waals surface area contributed by atoms with E-state index in [1.54, 1.807) is 42.5 Å². The number of hydrogen-bond acceptors (Lipinski definition) is 8. The number of halogens is 1. The molecule has 0 fully saturated rings. The Morgan fingerprint density at radius 1 is 0.738 bits per heavy atom. The number of allylic oxidation sites excluding steroid dienone is 8. The van der Waals surface area contributed by atoms with E-state index in [0.717, 1.165) is 45.5 Å². The van der Waals surface area contributed by atoms with Crippen LogP contribution in [0.1, 0.15) is 58.1 Å². The third kappa shape index (κ3) is 8.77. The van der Waals surface area contributed by atoms with E-state index >= 15 is 0 Å². The second kappa shape index (κ2) is 15.6. The quantitative estimate of drug-likeness (QED) is 0.0647. The summed E-state index contributed by atoms with van der Waals surface area (Å²) < 4.78 is 125. The zero-order valence-electron chi connectivity index (χ0n) is 33.8. The maximum Gasteiger partial charge on any atom is 0.294 e. The number of nitrogens with zero attached hydrogens (tertiary/aromatic N) is 2. The predicted molar refractivity (Wildman–Crippen MR) is 242 cm³/mol. The van der Waals surface area contributed by atoms with Gasteiger partial charge in [0.05, 0.1) is 21.0 Å². The molecule has 7 rings (SSSR count). The number of rotatable bonds is 11. The summed E-state index contributed by atoms with van der Waals surface area (Å²) in [6.45, 7) is 7.82. The molecule has 4 N–H and O–H groups in total. The van der Waals surface area contributed by atoms with Crippen LogP contribution in [0.5, 0.6) is 0 Å². The molecular weight excluding hydrogens is 884 g/mol. The van der Waals surface area contributed by atoms with Gasteiger partial charge in [0.15, 0.2) is 12.3 Å². The summed E-state index contributed by atoms with van der Waals surface area (Å²) in [4.78, 5) is 1.78. The molecule has 0 bridgehead atoms. The highest BCUT2D eigenvalue weighted by molar-refractivity contribution is 7.95. The van der Waals surface area contributed by atoms with Crippen molar-refractivity contribution in [3.8, 4) is 0 Å². The molecule has 0 spiro atoms. The van der Waals surface area contributed by atoms with Crippen molar-refractivity contribution < 1.29 is 52.2 Å². The molecule has 4 aromatic rings. The molecule has 2 heterocycles. The van der Waals surface area contributed by atoms with E-state index in [1.807, 2.05) is 67.5 Å². The van der Waals surface area contributed by atoms with Crippen molar-refractivity contribution >= 4 is 96.3 Å². The minimum Gasteiger partial charge on any atom is -0.343 e. The van der Waals surface area contributed by atoms with Gasteiger partial charge in [-0.1, -0.05) is 55.8 Å². The van der Waals surface area contributed by atoms with Crippen molar-refractivity contribution in [1.82, 2.24) is 0 Å². The van der Waals surface area contributed by atoms with Crippen molar-refractivity contribution in [3.63, 3.8) is 0 Å². The zero-order valence-corrected chi connectivity index (χ0v) is 37.8. The minimum atomic E-state index is -4.46. The lowest BCUT2D eigenvalue weighted by Gasteiger charge is -2.27. The largest absolute Gasteiger partial charge is 0.343 e. The lowest BCUT2D eigenvalue weighted by Crippen LogP contribution is -2.30. The molecule has 4 aromatic carbocycles. The minimum absolute atomic E-state index is 0.0450. The van der Waals surface area contributed by atoms with Crippen molar-refractivity contribution in [2.45, 2.75) is 67.6 Å². The maximum absolute atomic E-state index is 12.4. The van der Waals surface area contributed by atoms with Crippen LogP contribution in [0.2, 0.25) is 0 Å². The van der Waals surface area contributed by atoms with E-state index in [-0.39, 0.29) is 22.9 Å². The SMILES string of the molecule is C=S(=O)(O)c1ccc2c3c(ccc2c1)N(CCS(=O)(=O)O)/C(=C\C=C1/CCCC(/C=C/C2=[N+](CCS(=O)(=O)O)c4ccc5cc(S(=O)(=O)O)ccc5c4C2(C)C)=C1Cl)C3(C)C. The third-order valence-corrected chi connectivity index (χ3v) is 15.5. The van der Waals surface area contributed by atoms with Crippen LogP contribution in [0.4, 0.5) is 11.4 Å². The molecule has 0 saturated carbocycles. The van der Waals surface area contributed by atoms with E-state index < -0.39 is 62.5 Å². The molecule has 324 valence electrons. The molecule has 0 radical (unpaired) electrons. The first-order valence-electron chi connectivity index (χ1n) is 19.2. The highest BCUT2D eigenvalue weighted by atomic mass is 35.5. The lowest BCUT2D eigenvalue weighted by atomic mass is 9.78. The summed E-state index contributed by atoms with van der Waals surface area (Å²) in [7, 11) is -16.6. The highest BCUT2D eigenvalue weighted by Gasteiger charge is 2.46. The van der Waals surface area contributed by atoms with Crippen LogP contribution in [-0.4, -0.2) is 88.4 Å². The van der Waals surface area contributed by atoms with Crippen molar-refractivity contribution in [2.75, 3.05) is 29.5 Å². The molecule has 0 aromatic heterocycles. The van der Waals surface area contributed by atoms with Gasteiger partial charge in [0.2, 0.25) is 5.69 Å². The van der Waals surface area contributed by atoms with Gasteiger partial charge in [-0.3, -0.25) is 13.7 Å². The monoisotopic (exact) mass is 929 g/mol. The molecule has 13 nitrogen and oxygen atoms in total. The number of benzene rings is 4. The normalized spacial score (nSPS) is 20.4. The molecule has 0 saturated heterocycles. The average molecular weight is 931 g/mol. The summed E-state index contributed by atoms with van der Waals surface area (Å²) in [6.07, 6.45) is 9.63. The Kier molecular flexibility index (Phi) is 11.5. The van der Waals surface area contributed by atoms with Gasteiger partial charge in [0, 0.05) is 46.1 Å². The Morgan fingerprint density at radius 3 is 1.97 bits per heavy atom. The average Bonchev–Trinajstić information content (AvgIpc) is 3.51. The van der Waals surface area contributed by atoms with Crippen LogP contribution in [0.3, 0.4) is 0 Å². The van der Waals surface area contributed by atoms with Crippen LogP contribution < -0.4 is 4.90 Å². The van der Waals surface area contributed by atoms with E-state index in [2.05, 4.69) is 5.87 Å². The van der Waals surface area contributed by atoms with Gasteiger partial charge in [0.1, 0.15) is 15.6 Å². The first-order valence-corrected chi connectivity index (χ1v) is 25.9. The van der Waals surface area contributed by atoms with E-state index in [0.29, 0.717) is 45.4 Å². The molecule has 1 unspecified atom stereocenters. The van der Waals surface area contributed by atoms with E-state index in [4.69, 9.17) is 11.6 Å². The van der Waals surface area contributed by atoms with Crippen molar-refractivity contribution in [1.29, 1.82) is 0 Å². The fraction of sp³-hybridized carbons (Fsp3) is 0.302. The molecular formula is C43H46ClN2O11S4+. The Morgan fingerprint density at radius 2 is 1.34 bits per heavy atom. The van der Waals surface area contributed by atoms with Gasteiger partial charge in [-0.2, -0.15) is 29.8 Å². The van der Waals surface area contributed by atoms with Crippen molar-refractivity contribution in [3.05, 3.63) is 118 Å². The summed E-state index contributed by atoms with van der Waals surface area (Å²) in [5.74, 6) is 2.31. The Balaban J connectivity index is 1.29. The first kappa shape index (κ1) is 44.9. The van der Waals surface area contributed by atoms with Crippen LogP contribution in [0.15, 0.2) is 117 Å². The zero-order chi connectivity index (χ0) is 44.7. The van der Waals surface area contributed by atoms with Gasteiger partial charge in [0.25, 0.3) is 30.4 Å². The van der Waals surface area contributed by atoms with E-state index in [1.165, 1.54) is 12.1 Å². The second-order valence-corrected chi connectivity index (χ2v) is 23.3. The molecule has 1 aliphatic carbocycles. The molecule has 18 heteroatoms. The fourth-order valence-corrected chi connectivity index (χ4v) is 11.2. The van der Waals surface area contributed by atoms with Crippen LogP contribution >= 0.6 is 11.6 Å². The first-order chi connectivity index (χ1) is 28.2. The van der Waals surface area contributed by atoms with Crippen LogP contribution in [0.25, 0.3) is 21.5 Å². The van der Waals surface area contributed by atoms with Gasteiger partial charge < -0.3 is 9.45 Å². The summed E-state index contributed by atoms with van der Waals surface area (Å²) in [5, 5.41) is 3.29. The standard InChI is InChI=1S/C43H45ClN2O11S4/c1-42(2)37(45(21-23-59(49,50)51)35-17-9-29-25-31(58(5,47)48)13-15-33(29)39(35)42)19-11-27-7-6-8-28(41(27)44)12-20-38-43(3,4)40-34-16-14-32(61(55,56)57)26-30(34)10-18-36(40)46(38)22-24-60(52,53)54/h9-20,25-26H,5-8,21-24H2,1-4H3,(H3-,47,48,49,50,51,52,53,54,55,56,57)/p+1. The Bertz CT molecular complexity index is 3180. The van der Waals surface area contributed by atoms with Gasteiger partial charge >= 0.3 is 0 Å². The number of anilines is 1. The van der Waals surface area contributed by atoms with E-state index in [9.17, 15) is 47.7 Å². The van der Waals surface area contributed by atoms with Gasteiger partial charge in [-0.15, -0.1) is 0 Å². The molecule has 1 atom stereocenters. The molecule has 61 heavy (non-hydrogen) atoms. The maximum atomic E-state index is 12.4. The molecule has 2 aliphatic heterocycles. The summed E-state index contributed by atoms with van der Waals surface area (Å²) in [5.41, 5.74) is 4.75. The topological polar surface area (TPSA) is 207 Å². The fourth-order valence-electron chi connectivity index (χ4n) is 8.96. The summed E-state index contributed by atoms with van der Waals surface area (Å²) >= 11 is 7.17. The second-order valence-electron chi connectivity index (χ2n) is 16.6. The third-order valence-electron chi connectivity index (χ3n) is 11.8. The molecule has 0 amide bonds. The lowest BCUT2D eigenvalue weighted by molar-refractivity contribution is -0.432. The van der Waals surface area contributed by atoms with Gasteiger partial charge in [-0.25, -0.2) is 4.21 Å².